The molecular weight excluding hydrogens is 546 g/mol. The molecule has 0 aromatic heterocycles. The van der Waals surface area contributed by atoms with E-state index in [9.17, 15) is 16.8 Å². The number of guanidine groups is 1. The molecule has 4 rings (SSSR count). The number of sulfonamides is 2. The minimum atomic E-state index is -4.12. The summed E-state index contributed by atoms with van der Waals surface area (Å²) in [5, 5.41) is 11.8. The van der Waals surface area contributed by atoms with Gasteiger partial charge < -0.3 is 0 Å². The van der Waals surface area contributed by atoms with Crippen molar-refractivity contribution >= 4 is 43.3 Å². The standard InChI is InChI=1S/C26H24ClN5O4S2/c1-2-19-8-14-23(15-9-19)38(35,36)31-26(29-16-17-37(28,33)34)32-18-24(20-6-4-3-5-7-20)25(30-32)21-10-12-22(27)13-11-21/h1,3-15,24H,16-18H2,(H,29,31)(H2,28,33,34)/t24-/m0/s1. The molecule has 0 amide bonds. The number of hydrogen-bond acceptors (Lipinski definition) is 6. The Bertz CT molecular complexity index is 1620. The van der Waals surface area contributed by atoms with Gasteiger partial charge in [0.05, 0.1) is 29.4 Å². The molecule has 0 bridgehead atoms. The quantitative estimate of drug-likeness (QED) is 0.256. The van der Waals surface area contributed by atoms with E-state index in [1.54, 1.807) is 12.1 Å². The summed E-state index contributed by atoms with van der Waals surface area (Å²) < 4.78 is 51.9. The Balaban J connectivity index is 1.73. The fourth-order valence-electron chi connectivity index (χ4n) is 3.82. The number of hydrazone groups is 1. The third kappa shape index (κ3) is 6.79. The predicted molar refractivity (Wildman–Crippen MR) is 149 cm³/mol. The Hall–Kier alpha value is -3.69. The molecule has 196 valence electrons. The predicted octanol–water partition coefficient (Wildman–Crippen LogP) is 2.75. The van der Waals surface area contributed by atoms with Gasteiger partial charge in [0.1, 0.15) is 0 Å². The SMILES string of the molecule is C#Cc1ccc(S(=O)(=O)NC(=NCCS(N)(=O)=O)N2C[C@@H](c3ccccc3)C(c3ccc(Cl)cc3)=N2)cc1. The molecule has 3 aromatic carbocycles. The number of nitrogens with two attached hydrogens (primary N) is 1. The van der Waals surface area contributed by atoms with E-state index in [1.807, 2.05) is 42.5 Å². The zero-order valence-corrected chi connectivity index (χ0v) is 22.4. The highest BCUT2D eigenvalue weighted by atomic mass is 35.5. The van der Waals surface area contributed by atoms with Crippen LogP contribution in [0.3, 0.4) is 0 Å². The molecule has 3 aromatic rings. The van der Waals surface area contributed by atoms with E-state index < -0.39 is 25.8 Å². The van der Waals surface area contributed by atoms with Gasteiger partial charge in [0.2, 0.25) is 16.0 Å². The van der Waals surface area contributed by atoms with Crippen molar-refractivity contribution in [3.63, 3.8) is 0 Å². The highest BCUT2D eigenvalue weighted by Crippen LogP contribution is 2.29. The summed E-state index contributed by atoms with van der Waals surface area (Å²) in [7, 11) is -7.94. The van der Waals surface area contributed by atoms with Gasteiger partial charge in [-0.1, -0.05) is 60.0 Å². The molecule has 0 saturated heterocycles. The smallest absolute Gasteiger partial charge is 0.250 e. The van der Waals surface area contributed by atoms with Crippen molar-refractivity contribution < 1.29 is 16.8 Å². The van der Waals surface area contributed by atoms with Gasteiger partial charge in [-0.2, -0.15) is 5.10 Å². The van der Waals surface area contributed by atoms with Gasteiger partial charge in [-0.3, -0.25) is 0 Å². The van der Waals surface area contributed by atoms with E-state index in [0.29, 0.717) is 16.3 Å². The first-order valence-electron chi connectivity index (χ1n) is 11.4. The van der Waals surface area contributed by atoms with Crippen molar-refractivity contribution in [2.24, 2.45) is 15.2 Å². The third-order valence-corrected chi connectivity index (χ3v) is 8.04. The molecular formula is C26H24ClN5O4S2. The first-order valence-corrected chi connectivity index (χ1v) is 14.9. The van der Waals surface area contributed by atoms with E-state index in [-0.39, 0.29) is 29.9 Å². The average molecular weight is 570 g/mol. The van der Waals surface area contributed by atoms with Gasteiger partial charge in [0, 0.05) is 16.5 Å². The minimum Gasteiger partial charge on any atom is -0.250 e. The number of primary sulfonamides is 1. The zero-order chi connectivity index (χ0) is 27.3. The molecule has 12 heteroatoms. The van der Waals surface area contributed by atoms with Gasteiger partial charge in [0.15, 0.2) is 0 Å². The number of hydrogen-bond donors (Lipinski definition) is 2. The lowest BCUT2D eigenvalue weighted by Gasteiger charge is -2.20. The van der Waals surface area contributed by atoms with Gasteiger partial charge in [-0.25, -0.2) is 36.7 Å². The molecule has 1 heterocycles. The largest absolute Gasteiger partial charge is 0.264 e. The van der Waals surface area contributed by atoms with Crippen molar-refractivity contribution in [3.8, 4) is 12.3 Å². The van der Waals surface area contributed by atoms with Crippen LogP contribution in [0, 0.1) is 12.3 Å². The van der Waals surface area contributed by atoms with Crippen molar-refractivity contribution in [2.45, 2.75) is 10.8 Å². The minimum absolute atomic E-state index is 0.0450. The first-order chi connectivity index (χ1) is 18.1. The second-order valence-electron chi connectivity index (χ2n) is 8.38. The summed E-state index contributed by atoms with van der Waals surface area (Å²) in [4.78, 5) is 4.19. The van der Waals surface area contributed by atoms with Crippen LogP contribution in [0.2, 0.25) is 5.02 Å². The second kappa shape index (κ2) is 11.4. The second-order valence-corrected chi connectivity index (χ2v) is 12.2. The number of nitrogens with zero attached hydrogens (tertiary/aromatic N) is 3. The van der Waals surface area contributed by atoms with Crippen molar-refractivity contribution in [1.82, 2.24) is 9.73 Å². The van der Waals surface area contributed by atoms with Crippen LogP contribution in [-0.2, 0) is 20.0 Å². The van der Waals surface area contributed by atoms with Crippen LogP contribution >= 0.6 is 11.6 Å². The highest BCUT2D eigenvalue weighted by molar-refractivity contribution is 7.90. The van der Waals surface area contributed by atoms with Crippen LogP contribution in [0.5, 0.6) is 0 Å². The maximum atomic E-state index is 13.2. The highest BCUT2D eigenvalue weighted by Gasteiger charge is 2.33. The molecule has 0 saturated carbocycles. The number of aliphatic imine (C=N–C) groups is 1. The number of halogens is 1. The number of nitrogens with one attached hydrogen (secondary N) is 1. The van der Waals surface area contributed by atoms with Crippen LogP contribution < -0.4 is 9.86 Å². The number of rotatable bonds is 7. The fourth-order valence-corrected chi connectivity index (χ4v) is 5.31. The Morgan fingerprint density at radius 2 is 1.71 bits per heavy atom. The van der Waals surface area contributed by atoms with E-state index in [2.05, 4.69) is 15.6 Å². The van der Waals surface area contributed by atoms with Gasteiger partial charge >= 0.3 is 0 Å². The molecule has 9 nitrogen and oxygen atoms in total. The van der Waals surface area contributed by atoms with Gasteiger partial charge in [-0.05, 0) is 47.5 Å². The number of terminal acetylenes is 1. The van der Waals surface area contributed by atoms with Gasteiger partial charge in [0.25, 0.3) is 10.0 Å². The molecule has 0 spiro atoms. The number of benzene rings is 3. The molecule has 1 aliphatic rings. The Morgan fingerprint density at radius 1 is 1.05 bits per heavy atom. The van der Waals surface area contributed by atoms with Crippen molar-refractivity contribution in [3.05, 3.63) is 101 Å². The Labute approximate surface area is 227 Å². The van der Waals surface area contributed by atoms with Crippen LogP contribution in [0.25, 0.3) is 0 Å². The lowest BCUT2D eigenvalue weighted by molar-refractivity contribution is 0.461. The maximum Gasteiger partial charge on any atom is 0.264 e. The van der Waals surface area contributed by atoms with E-state index in [0.717, 1.165) is 11.1 Å². The summed E-state index contributed by atoms with van der Waals surface area (Å²) >= 11 is 6.08. The molecule has 3 N–H and O–H groups in total. The van der Waals surface area contributed by atoms with Crippen LogP contribution in [0.4, 0.5) is 0 Å². The lowest BCUT2D eigenvalue weighted by Crippen LogP contribution is -2.41. The van der Waals surface area contributed by atoms with E-state index in [4.69, 9.17) is 28.3 Å². The molecule has 0 fully saturated rings. The molecule has 0 unspecified atom stereocenters. The van der Waals surface area contributed by atoms with Crippen LogP contribution in [-0.4, -0.2) is 52.4 Å². The van der Waals surface area contributed by atoms with E-state index >= 15 is 0 Å². The molecule has 38 heavy (non-hydrogen) atoms. The van der Waals surface area contributed by atoms with Gasteiger partial charge in [-0.15, -0.1) is 6.42 Å². The van der Waals surface area contributed by atoms with Crippen LogP contribution in [0.1, 0.15) is 22.6 Å². The van der Waals surface area contributed by atoms with Crippen molar-refractivity contribution in [1.29, 1.82) is 0 Å². The molecule has 1 aliphatic heterocycles. The third-order valence-electron chi connectivity index (χ3n) is 5.69. The molecule has 0 aliphatic carbocycles. The summed E-state index contributed by atoms with van der Waals surface area (Å²) in [5.74, 6) is 1.59. The average Bonchev–Trinajstić information content (AvgIpc) is 3.34. The Kier molecular flexibility index (Phi) is 8.18. The monoisotopic (exact) mass is 569 g/mol. The normalized spacial score (nSPS) is 16.1. The summed E-state index contributed by atoms with van der Waals surface area (Å²) in [6, 6.07) is 22.5. The van der Waals surface area contributed by atoms with Crippen molar-refractivity contribution in [2.75, 3.05) is 18.8 Å². The maximum absolute atomic E-state index is 13.2. The zero-order valence-electron chi connectivity index (χ0n) is 20.0. The fraction of sp³-hybridized carbons (Fsp3) is 0.154. The first kappa shape index (κ1) is 27.3. The molecule has 1 atom stereocenters. The van der Waals surface area contributed by atoms with Crippen LogP contribution in [0.15, 0.2) is 93.9 Å². The molecule has 0 radical (unpaired) electrons. The summed E-state index contributed by atoms with van der Waals surface area (Å²) in [6.45, 7) is -0.0280. The summed E-state index contributed by atoms with van der Waals surface area (Å²) in [6.07, 6.45) is 5.37. The Morgan fingerprint density at radius 3 is 2.32 bits per heavy atom. The lowest BCUT2D eigenvalue weighted by atomic mass is 9.91. The van der Waals surface area contributed by atoms with E-state index in [1.165, 1.54) is 29.3 Å². The summed E-state index contributed by atoms with van der Waals surface area (Å²) in [5.41, 5.74) is 2.95. The topological polar surface area (TPSA) is 134 Å².